The van der Waals surface area contributed by atoms with Gasteiger partial charge in [-0.15, -0.1) is 11.3 Å². The number of benzene rings is 1. The van der Waals surface area contributed by atoms with Crippen molar-refractivity contribution in [3.05, 3.63) is 57.0 Å². The number of rotatable bonds is 5. The van der Waals surface area contributed by atoms with Crippen molar-refractivity contribution in [3.8, 4) is 0 Å². The SMILES string of the molecule is CN(CC(=O)Nc1cccc(F)c1)C(=O)/C=C/c1ccc(Br)s1. The van der Waals surface area contributed by atoms with Crippen LogP contribution in [0, 0.1) is 5.82 Å². The van der Waals surface area contributed by atoms with E-state index in [9.17, 15) is 14.0 Å². The molecular formula is C16H14BrFN2O2S. The normalized spacial score (nSPS) is 10.7. The molecule has 1 aromatic carbocycles. The first-order chi connectivity index (χ1) is 10.9. The molecule has 23 heavy (non-hydrogen) atoms. The van der Waals surface area contributed by atoms with Gasteiger partial charge in [-0.2, -0.15) is 0 Å². The molecule has 0 radical (unpaired) electrons. The van der Waals surface area contributed by atoms with Crippen LogP contribution in [0.2, 0.25) is 0 Å². The predicted octanol–water partition coefficient (Wildman–Crippen LogP) is 3.76. The molecular weight excluding hydrogens is 383 g/mol. The highest BCUT2D eigenvalue weighted by atomic mass is 79.9. The number of halogens is 2. The van der Waals surface area contributed by atoms with Crippen molar-refractivity contribution in [3.63, 3.8) is 0 Å². The summed E-state index contributed by atoms with van der Waals surface area (Å²) in [6.07, 6.45) is 3.10. The van der Waals surface area contributed by atoms with Crippen molar-refractivity contribution < 1.29 is 14.0 Å². The highest BCUT2D eigenvalue weighted by Crippen LogP contribution is 2.23. The van der Waals surface area contributed by atoms with Crippen LogP contribution < -0.4 is 5.32 Å². The van der Waals surface area contributed by atoms with E-state index in [4.69, 9.17) is 0 Å². The highest BCUT2D eigenvalue weighted by molar-refractivity contribution is 9.11. The minimum Gasteiger partial charge on any atom is -0.333 e. The molecule has 0 aliphatic rings. The van der Waals surface area contributed by atoms with Gasteiger partial charge in [-0.25, -0.2) is 4.39 Å². The second-order valence-electron chi connectivity index (χ2n) is 4.73. The highest BCUT2D eigenvalue weighted by Gasteiger charge is 2.11. The summed E-state index contributed by atoms with van der Waals surface area (Å²) >= 11 is 4.85. The average molecular weight is 397 g/mol. The van der Waals surface area contributed by atoms with Crippen LogP contribution in [0.4, 0.5) is 10.1 Å². The maximum absolute atomic E-state index is 13.0. The minimum atomic E-state index is -0.433. The maximum Gasteiger partial charge on any atom is 0.246 e. The Labute approximate surface area is 145 Å². The van der Waals surface area contributed by atoms with Crippen molar-refractivity contribution >= 4 is 50.8 Å². The number of thiophene rings is 1. The first-order valence-corrected chi connectivity index (χ1v) is 8.29. The number of carbonyl (C=O) groups excluding carboxylic acids is 2. The Morgan fingerprint density at radius 3 is 2.78 bits per heavy atom. The van der Waals surface area contributed by atoms with E-state index >= 15 is 0 Å². The number of nitrogens with zero attached hydrogens (tertiary/aromatic N) is 1. The van der Waals surface area contributed by atoms with Crippen LogP contribution in [0.3, 0.4) is 0 Å². The van der Waals surface area contributed by atoms with Gasteiger partial charge in [0, 0.05) is 23.7 Å². The quantitative estimate of drug-likeness (QED) is 0.782. The van der Waals surface area contributed by atoms with Crippen LogP contribution in [0.25, 0.3) is 6.08 Å². The minimum absolute atomic E-state index is 0.117. The number of hydrogen-bond donors (Lipinski definition) is 1. The van der Waals surface area contributed by atoms with Gasteiger partial charge in [-0.3, -0.25) is 9.59 Å². The molecule has 120 valence electrons. The van der Waals surface area contributed by atoms with E-state index in [-0.39, 0.29) is 12.5 Å². The third-order valence-electron chi connectivity index (χ3n) is 2.85. The van der Waals surface area contributed by atoms with Crippen LogP contribution in [0.15, 0.2) is 46.3 Å². The van der Waals surface area contributed by atoms with E-state index in [0.29, 0.717) is 5.69 Å². The third-order valence-corrected chi connectivity index (χ3v) is 4.44. The summed E-state index contributed by atoms with van der Waals surface area (Å²) in [5, 5.41) is 2.54. The van der Waals surface area contributed by atoms with Crippen molar-refractivity contribution in [2.45, 2.75) is 0 Å². The van der Waals surface area contributed by atoms with Crippen LogP contribution in [-0.2, 0) is 9.59 Å². The Kier molecular flexibility index (Phi) is 6.06. The van der Waals surface area contributed by atoms with Gasteiger partial charge in [0.1, 0.15) is 5.82 Å². The summed E-state index contributed by atoms with van der Waals surface area (Å²) in [6.45, 7) is -0.117. The van der Waals surface area contributed by atoms with E-state index in [2.05, 4.69) is 21.2 Å². The zero-order valence-corrected chi connectivity index (χ0v) is 14.7. The van der Waals surface area contributed by atoms with Gasteiger partial charge in [-0.05, 0) is 52.3 Å². The summed E-state index contributed by atoms with van der Waals surface area (Å²) in [6, 6.07) is 9.37. The number of hydrogen-bond acceptors (Lipinski definition) is 3. The monoisotopic (exact) mass is 396 g/mol. The summed E-state index contributed by atoms with van der Waals surface area (Å²) in [5.41, 5.74) is 0.356. The maximum atomic E-state index is 13.0. The Morgan fingerprint density at radius 2 is 2.13 bits per heavy atom. The number of amides is 2. The van der Waals surface area contributed by atoms with Crippen molar-refractivity contribution in [1.29, 1.82) is 0 Å². The summed E-state index contributed by atoms with van der Waals surface area (Å²) in [7, 11) is 1.53. The molecule has 1 N–H and O–H groups in total. The molecule has 0 fully saturated rings. The molecule has 4 nitrogen and oxygen atoms in total. The molecule has 0 saturated heterocycles. The lowest BCUT2D eigenvalue weighted by Crippen LogP contribution is -2.33. The van der Waals surface area contributed by atoms with Gasteiger partial charge < -0.3 is 10.2 Å². The van der Waals surface area contributed by atoms with Gasteiger partial charge in [-0.1, -0.05) is 6.07 Å². The summed E-state index contributed by atoms with van der Waals surface area (Å²) in [4.78, 5) is 26.0. The van der Waals surface area contributed by atoms with Crippen molar-refractivity contribution in [2.24, 2.45) is 0 Å². The lowest BCUT2D eigenvalue weighted by Gasteiger charge is -2.14. The molecule has 0 saturated carbocycles. The lowest BCUT2D eigenvalue weighted by atomic mass is 10.3. The number of carbonyl (C=O) groups is 2. The molecule has 0 unspecified atom stereocenters. The fourth-order valence-electron chi connectivity index (χ4n) is 1.76. The van der Waals surface area contributed by atoms with Crippen molar-refractivity contribution in [2.75, 3.05) is 18.9 Å². The lowest BCUT2D eigenvalue weighted by molar-refractivity contribution is -0.129. The molecule has 1 heterocycles. The van der Waals surface area contributed by atoms with Crippen LogP contribution in [-0.4, -0.2) is 30.3 Å². The predicted molar refractivity (Wildman–Crippen MR) is 93.7 cm³/mol. The Morgan fingerprint density at radius 1 is 1.35 bits per heavy atom. The molecule has 0 spiro atoms. The van der Waals surface area contributed by atoms with E-state index in [0.717, 1.165) is 8.66 Å². The van der Waals surface area contributed by atoms with E-state index in [1.54, 1.807) is 12.1 Å². The fraction of sp³-hybridized carbons (Fsp3) is 0.125. The number of likely N-dealkylation sites (N-methyl/N-ethyl adjacent to an activating group) is 1. The van der Waals surface area contributed by atoms with Gasteiger partial charge in [0.2, 0.25) is 11.8 Å². The van der Waals surface area contributed by atoms with Gasteiger partial charge in [0.15, 0.2) is 0 Å². The third kappa shape index (κ3) is 5.61. The first kappa shape index (κ1) is 17.4. The van der Waals surface area contributed by atoms with Crippen LogP contribution in [0.1, 0.15) is 4.88 Å². The van der Waals surface area contributed by atoms with Crippen LogP contribution in [0.5, 0.6) is 0 Å². The Hall–Kier alpha value is -1.99. The molecule has 0 bridgehead atoms. The molecule has 1 aromatic heterocycles. The standard InChI is InChI=1S/C16H14BrFN2O2S/c1-20(16(22)8-6-13-5-7-14(17)23-13)10-15(21)19-12-4-2-3-11(18)9-12/h2-9H,10H2,1H3,(H,19,21)/b8-6+. The number of anilines is 1. The second kappa shape index (κ2) is 8.03. The van der Waals surface area contributed by atoms with Crippen molar-refractivity contribution in [1.82, 2.24) is 4.90 Å². The van der Waals surface area contributed by atoms with Gasteiger partial charge in [0.25, 0.3) is 0 Å². The van der Waals surface area contributed by atoms with Gasteiger partial charge >= 0.3 is 0 Å². The molecule has 2 aromatic rings. The zero-order valence-electron chi connectivity index (χ0n) is 12.3. The molecule has 0 aliphatic heterocycles. The summed E-state index contributed by atoms with van der Waals surface area (Å²) in [5.74, 6) is -1.11. The fourth-order valence-corrected chi connectivity index (χ4v) is 3.08. The summed E-state index contributed by atoms with van der Waals surface area (Å²) < 4.78 is 14.0. The van der Waals surface area contributed by atoms with Gasteiger partial charge in [0.05, 0.1) is 10.3 Å². The van der Waals surface area contributed by atoms with Crippen LogP contribution >= 0.6 is 27.3 Å². The molecule has 2 rings (SSSR count). The molecule has 0 atom stereocenters. The topological polar surface area (TPSA) is 49.4 Å². The smallest absolute Gasteiger partial charge is 0.246 e. The zero-order chi connectivity index (χ0) is 16.8. The number of nitrogens with one attached hydrogen (secondary N) is 1. The largest absolute Gasteiger partial charge is 0.333 e. The second-order valence-corrected chi connectivity index (χ2v) is 7.22. The Balaban J connectivity index is 1.87. The molecule has 2 amide bonds. The van der Waals surface area contributed by atoms with E-state index in [1.807, 2.05) is 12.1 Å². The molecule has 0 aliphatic carbocycles. The first-order valence-electron chi connectivity index (χ1n) is 6.68. The average Bonchev–Trinajstić information content (AvgIpc) is 2.90. The Bertz CT molecular complexity index is 745. The molecule has 7 heteroatoms. The van der Waals surface area contributed by atoms with E-state index in [1.165, 1.54) is 47.6 Å². The van der Waals surface area contributed by atoms with E-state index < -0.39 is 11.7 Å².